The van der Waals surface area contributed by atoms with Crippen LogP contribution in [0.1, 0.15) is 54.4 Å². The predicted molar refractivity (Wildman–Crippen MR) is 142 cm³/mol. The summed E-state index contributed by atoms with van der Waals surface area (Å²) < 4.78 is 45.9. The maximum Gasteiger partial charge on any atom is 0.416 e. The minimum atomic E-state index is -4.47. The number of aliphatic hydroxyl groups is 1. The molecule has 3 fully saturated rings. The maximum absolute atomic E-state index is 13.5. The third kappa shape index (κ3) is 3.59. The summed E-state index contributed by atoms with van der Waals surface area (Å²) in [5.41, 5.74) is -0.574. The zero-order valence-electron chi connectivity index (χ0n) is 22.3. The van der Waals surface area contributed by atoms with Crippen LogP contribution in [-0.4, -0.2) is 69.8 Å². The molecular weight excluding hydrogens is 521 g/mol. The van der Waals surface area contributed by atoms with Gasteiger partial charge in [-0.2, -0.15) is 13.2 Å². The van der Waals surface area contributed by atoms with E-state index in [1.54, 1.807) is 18.0 Å². The zero-order chi connectivity index (χ0) is 28.0. The summed E-state index contributed by atoms with van der Waals surface area (Å²) in [6.45, 7) is 1.73. The van der Waals surface area contributed by atoms with E-state index in [1.807, 2.05) is 6.07 Å². The lowest BCUT2D eigenvalue weighted by atomic mass is 9.47. The maximum atomic E-state index is 13.5. The van der Waals surface area contributed by atoms with Crippen molar-refractivity contribution in [1.82, 2.24) is 9.80 Å². The number of aromatic hydroxyl groups is 1. The highest BCUT2D eigenvalue weighted by Gasteiger charge is 2.74. The number of ether oxygens (including phenoxy) is 1. The topological polar surface area (TPSA) is 73.2 Å². The lowest BCUT2D eigenvalue weighted by Gasteiger charge is -2.66. The molecule has 1 amide bonds. The van der Waals surface area contributed by atoms with Crippen LogP contribution in [0.15, 0.2) is 42.5 Å². The molecule has 5 aliphatic rings. The number of likely N-dealkylation sites (N-methyl/N-ethyl adjacent to an activating group) is 1. The van der Waals surface area contributed by atoms with E-state index >= 15 is 0 Å². The van der Waals surface area contributed by atoms with Gasteiger partial charge in [-0.3, -0.25) is 9.69 Å². The number of alkyl halides is 3. The third-order valence-corrected chi connectivity index (χ3v) is 10.2. The van der Waals surface area contributed by atoms with Gasteiger partial charge in [0.05, 0.1) is 17.0 Å². The van der Waals surface area contributed by atoms with Gasteiger partial charge in [-0.05, 0) is 86.4 Å². The minimum Gasteiger partial charge on any atom is -0.504 e. The summed E-state index contributed by atoms with van der Waals surface area (Å²) >= 11 is 0. The van der Waals surface area contributed by atoms with Gasteiger partial charge in [0, 0.05) is 31.3 Å². The number of hydrogen-bond acceptors (Lipinski definition) is 5. The summed E-state index contributed by atoms with van der Waals surface area (Å²) in [4.78, 5) is 17.5. The molecule has 212 valence electrons. The Balaban J connectivity index is 1.25. The van der Waals surface area contributed by atoms with E-state index in [0.717, 1.165) is 36.3 Å². The van der Waals surface area contributed by atoms with Gasteiger partial charge in [0.2, 0.25) is 5.91 Å². The number of amides is 1. The molecule has 9 heteroatoms. The number of phenolic OH excluding ortho intramolecular Hbond substituents is 1. The highest BCUT2D eigenvalue weighted by molar-refractivity contribution is 5.92. The zero-order valence-corrected chi connectivity index (χ0v) is 22.3. The van der Waals surface area contributed by atoms with Crippen LogP contribution in [0.5, 0.6) is 11.5 Å². The Morgan fingerprint density at radius 2 is 2.00 bits per heavy atom. The van der Waals surface area contributed by atoms with Crippen molar-refractivity contribution in [2.75, 3.05) is 20.1 Å². The lowest BCUT2D eigenvalue weighted by molar-refractivity contribution is -0.217. The summed E-state index contributed by atoms with van der Waals surface area (Å²) in [6.07, 6.45) is 2.69. The van der Waals surface area contributed by atoms with Crippen molar-refractivity contribution in [2.45, 2.75) is 73.9 Å². The van der Waals surface area contributed by atoms with E-state index < -0.39 is 28.8 Å². The number of hydrogen-bond donors (Lipinski definition) is 2. The normalized spacial score (nSPS) is 32.6. The van der Waals surface area contributed by atoms with E-state index in [4.69, 9.17) is 4.74 Å². The Labute approximate surface area is 231 Å². The molecule has 1 saturated heterocycles. The van der Waals surface area contributed by atoms with E-state index in [1.165, 1.54) is 37.1 Å². The van der Waals surface area contributed by atoms with Gasteiger partial charge in [0.25, 0.3) is 0 Å². The van der Waals surface area contributed by atoms with Crippen molar-refractivity contribution in [2.24, 2.45) is 5.92 Å². The van der Waals surface area contributed by atoms with Gasteiger partial charge < -0.3 is 19.8 Å². The van der Waals surface area contributed by atoms with Gasteiger partial charge >= 0.3 is 6.18 Å². The standard InChI is InChI=1S/C31H33F3N2O4/c1-35(26(38)12-7-18-3-2-4-21(15-18)31(32,33)34)23-10-11-25-29-13-14-36(17-19-5-6-19)24(30(23,29)39)16-20-8-9-22(37)28(40-25)27(20)29/h2-4,7-9,12,15,19,23-25,37,39H,5-6,10-11,13-14,16-17H2,1H3/t23-,24+,25-,29+,30+/m0/s1. The van der Waals surface area contributed by atoms with Gasteiger partial charge in [0.1, 0.15) is 11.7 Å². The molecule has 5 atom stereocenters. The second-order valence-corrected chi connectivity index (χ2v) is 12.3. The van der Waals surface area contributed by atoms with Crippen LogP contribution in [0.25, 0.3) is 6.08 Å². The molecule has 6 nitrogen and oxygen atoms in total. The molecule has 2 heterocycles. The molecule has 1 spiro atoms. The smallest absolute Gasteiger partial charge is 0.416 e. The first-order valence-corrected chi connectivity index (χ1v) is 14.1. The molecule has 2 aromatic rings. The van der Waals surface area contributed by atoms with E-state index in [2.05, 4.69) is 4.90 Å². The molecule has 0 aromatic heterocycles. The second kappa shape index (κ2) is 8.73. The van der Waals surface area contributed by atoms with Crippen LogP contribution >= 0.6 is 0 Å². The number of piperidine rings is 1. The van der Waals surface area contributed by atoms with Crippen molar-refractivity contribution in [1.29, 1.82) is 0 Å². The number of halogens is 3. The Hall–Kier alpha value is -3.04. The fraction of sp³-hybridized carbons (Fsp3) is 0.516. The molecule has 40 heavy (non-hydrogen) atoms. The molecular formula is C31H33F3N2O4. The van der Waals surface area contributed by atoms with Crippen molar-refractivity contribution in [3.63, 3.8) is 0 Å². The predicted octanol–water partition coefficient (Wildman–Crippen LogP) is 4.52. The Morgan fingerprint density at radius 1 is 1.20 bits per heavy atom. The summed E-state index contributed by atoms with van der Waals surface area (Å²) in [5.74, 6) is 0.794. The number of rotatable bonds is 5. The van der Waals surface area contributed by atoms with E-state index in [-0.39, 0.29) is 29.4 Å². The van der Waals surface area contributed by atoms with Crippen LogP contribution in [0, 0.1) is 5.92 Å². The molecule has 2 saturated carbocycles. The van der Waals surface area contributed by atoms with Crippen molar-refractivity contribution < 1.29 is 32.9 Å². The molecule has 2 aliphatic heterocycles. The number of benzene rings is 2. The summed E-state index contributed by atoms with van der Waals surface area (Å²) in [7, 11) is 1.67. The number of carbonyl (C=O) groups is 1. The van der Waals surface area contributed by atoms with Crippen LogP contribution in [0.2, 0.25) is 0 Å². The van der Waals surface area contributed by atoms with Gasteiger partial charge in [0.15, 0.2) is 11.5 Å². The Morgan fingerprint density at radius 3 is 2.75 bits per heavy atom. The fourth-order valence-electron chi connectivity index (χ4n) is 8.23. The van der Waals surface area contributed by atoms with Gasteiger partial charge in [-0.15, -0.1) is 0 Å². The molecule has 3 aliphatic carbocycles. The quantitative estimate of drug-likeness (QED) is 0.532. The Kier molecular flexibility index (Phi) is 5.65. The van der Waals surface area contributed by atoms with Crippen LogP contribution in [-0.2, 0) is 22.8 Å². The molecule has 2 N–H and O–H groups in total. The first kappa shape index (κ1) is 25.9. The van der Waals surface area contributed by atoms with Crippen molar-refractivity contribution in [3.8, 4) is 11.5 Å². The Bertz CT molecular complexity index is 1410. The first-order valence-electron chi connectivity index (χ1n) is 14.1. The van der Waals surface area contributed by atoms with Crippen LogP contribution in [0.3, 0.4) is 0 Å². The first-order chi connectivity index (χ1) is 19.0. The second-order valence-electron chi connectivity index (χ2n) is 12.3. The number of nitrogens with zero attached hydrogens (tertiary/aromatic N) is 2. The minimum absolute atomic E-state index is 0.0775. The van der Waals surface area contributed by atoms with Gasteiger partial charge in [-0.1, -0.05) is 18.2 Å². The molecule has 0 unspecified atom stereocenters. The highest BCUT2D eigenvalue weighted by atomic mass is 19.4. The number of carbonyl (C=O) groups excluding carboxylic acids is 1. The monoisotopic (exact) mass is 554 g/mol. The van der Waals surface area contributed by atoms with Crippen molar-refractivity contribution in [3.05, 3.63) is 64.7 Å². The van der Waals surface area contributed by atoms with E-state index in [9.17, 15) is 28.2 Å². The number of likely N-dealkylation sites (tertiary alicyclic amines) is 1. The van der Waals surface area contributed by atoms with Crippen molar-refractivity contribution >= 4 is 12.0 Å². The molecule has 0 radical (unpaired) electrons. The lowest BCUT2D eigenvalue weighted by Crippen LogP contribution is -2.81. The number of phenols is 1. The summed E-state index contributed by atoms with van der Waals surface area (Å²) in [6, 6.07) is 7.75. The molecule has 7 rings (SSSR count). The third-order valence-electron chi connectivity index (χ3n) is 10.2. The van der Waals surface area contributed by atoms with Gasteiger partial charge in [-0.25, -0.2) is 0 Å². The average molecular weight is 555 g/mol. The largest absolute Gasteiger partial charge is 0.504 e. The molecule has 2 bridgehead atoms. The highest BCUT2D eigenvalue weighted by Crippen LogP contribution is 2.66. The summed E-state index contributed by atoms with van der Waals surface area (Å²) in [5, 5.41) is 23.8. The van der Waals surface area contributed by atoms with Crippen LogP contribution in [0.4, 0.5) is 13.2 Å². The molecule has 2 aromatic carbocycles. The SMILES string of the molecule is CN(C(=O)C=Cc1cccc(C(F)(F)F)c1)[C@H]1CC[C@@H]2Oc3c(O)ccc4c3[C@@]23CCN(CC2CC2)[C@H](C4)[C@]13O. The van der Waals surface area contributed by atoms with Crippen LogP contribution < -0.4 is 4.74 Å². The van der Waals surface area contributed by atoms with E-state index in [0.29, 0.717) is 37.4 Å². The average Bonchev–Trinajstić information content (AvgIpc) is 3.67. The fourth-order valence-corrected chi connectivity index (χ4v) is 8.23.